The maximum atomic E-state index is 12.6. The van der Waals surface area contributed by atoms with Crippen LogP contribution in [0.1, 0.15) is 50.8 Å². The van der Waals surface area contributed by atoms with E-state index in [1.807, 2.05) is 0 Å². The molecule has 0 radical (unpaired) electrons. The summed E-state index contributed by atoms with van der Waals surface area (Å²) in [4.78, 5) is 25.4. The molecule has 0 aliphatic carbocycles. The fourth-order valence-electron chi connectivity index (χ4n) is 3.18. The van der Waals surface area contributed by atoms with E-state index in [-0.39, 0.29) is 18.0 Å². The molecule has 5 nitrogen and oxygen atoms in total. The number of amides is 2. The van der Waals surface area contributed by atoms with E-state index in [1.54, 1.807) is 4.90 Å². The largest absolute Gasteiger partial charge is 0.481 e. The highest BCUT2D eigenvalue weighted by Crippen LogP contribution is 2.24. The zero-order chi connectivity index (χ0) is 17.7. The second kappa shape index (κ2) is 8.18. The third-order valence-electron chi connectivity index (χ3n) is 4.75. The van der Waals surface area contributed by atoms with E-state index in [4.69, 9.17) is 0 Å². The Kier molecular flexibility index (Phi) is 6.23. The molecule has 1 aliphatic rings. The number of likely N-dealkylation sites (tertiary alicyclic amines) is 1. The first-order valence-corrected chi connectivity index (χ1v) is 8.79. The van der Waals surface area contributed by atoms with Crippen LogP contribution in [0.5, 0.6) is 0 Å². The highest BCUT2D eigenvalue weighted by Gasteiger charge is 2.29. The quantitative estimate of drug-likeness (QED) is 0.867. The number of nitrogens with zero attached hydrogens (tertiary/aromatic N) is 1. The smallest absolute Gasteiger partial charge is 0.317 e. The maximum absolute atomic E-state index is 12.6. The molecule has 1 heterocycles. The molecule has 5 heteroatoms. The van der Waals surface area contributed by atoms with Gasteiger partial charge in [0.2, 0.25) is 0 Å². The van der Waals surface area contributed by atoms with Crippen molar-refractivity contribution in [2.45, 2.75) is 46.1 Å². The van der Waals surface area contributed by atoms with Gasteiger partial charge in [-0.1, -0.05) is 45.0 Å². The molecule has 0 spiro atoms. The minimum atomic E-state index is -0.817. The number of hydrogen-bond acceptors (Lipinski definition) is 2. The average Bonchev–Trinajstić information content (AvgIpc) is 2.59. The predicted octanol–water partition coefficient (Wildman–Crippen LogP) is 3.45. The second-order valence-electron chi connectivity index (χ2n) is 6.89. The molecule has 0 saturated carbocycles. The van der Waals surface area contributed by atoms with Crippen LogP contribution < -0.4 is 5.32 Å². The number of urea groups is 1. The molecule has 1 aromatic carbocycles. The monoisotopic (exact) mass is 332 g/mol. The van der Waals surface area contributed by atoms with E-state index in [1.165, 1.54) is 5.56 Å². The number of hydrogen-bond donors (Lipinski definition) is 2. The molecule has 132 valence electrons. The number of carbonyl (C=O) groups is 2. The summed E-state index contributed by atoms with van der Waals surface area (Å²) in [6.07, 6.45) is 2.37. The zero-order valence-corrected chi connectivity index (χ0v) is 14.8. The van der Waals surface area contributed by atoms with Gasteiger partial charge in [-0.05, 0) is 36.3 Å². The molecule has 1 aromatic rings. The van der Waals surface area contributed by atoms with Crippen LogP contribution in [-0.2, 0) is 11.2 Å². The number of benzene rings is 1. The number of aryl methyl sites for hydroxylation is 1. The van der Waals surface area contributed by atoms with E-state index < -0.39 is 11.9 Å². The summed E-state index contributed by atoms with van der Waals surface area (Å²) in [5, 5.41) is 12.3. The molecule has 2 unspecified atom stereocenters. The molecule has 1 fully saturated rings. The summed E-state index contributed by atoms with van der Waals surface area (Å²) in [6, 6.07) is 8.09. The van der Waals surface area contributed by atoms with Gasteiger partial charge in [-0.15, -0.1) is 0 Å². The van der Waals surface area contributed by atoms with Gasteiger partial charge in [-0.3, -0.25) is 4.79 Å². The van der Waals surface area contributed by atoms with Crippen LogP contribution in [0.2, 0.25) is 0 Å². The molecule has 2 atom stereocenters. The minimum absolute atomic E-state index is 0.0754. The van der Waals surface area contributed by atoms with Crippen LogP contribution in [0.15, 0.2) is 24.3 Å². The van der Waals surface area contributed by atoms with Crippen LogP contribution in [0, 0.1) is 11.8 Å². The standard InChI is InChI=1S/C19H28N2O3/c1-4-14-7-9-15(10-8-14)17(13(2)3)20-19(24)21-11-5-6-16(12-21)18(22)23/h7-10,13,16-17H,4-6,11-12H2,1-3H3,(H,20,24)(H,22,23). The second-order valence-corrected chi connectivity index (χ2v) is 6.89. The summed E-state index contributed by atoms with van der Waals surface area (Å²) in [6.45, 7) is 7.19. The number of piperidine rings is 1. The number of rotatable bonds is 5. The highest BCUT2D eigenvalue weighted by molar-refractivity contribution is 5.77. The van der Waals surface area contributed by atoms with Gasteiger partial charge in [-0.2, -0.15) is 0 Å². The van der Waals surface area contributed by atoms with E-state index in [9.17, 15) is 14.7 Å². The lowest BCUT2D eigenvalue weighted by Gasteiger charge is -2.33. The molecule has 24 heavy (non-hydrogen) atoms. The topological polar surface area (TPSA) is 69.6 Å². The Hall–Kier alpha value is -2.04. The fraction of sp³-hybridized carbons (Fsp3) is 0.579. The van der Waals surface area contributed by atoms with Gasteiger partial charge in [0, 0.05) is 13.1 Å². The molecular formula is C19H28N2O3. The van der Waals surface area contributed by atoms with Crippen LogP contribution in [0.3, 0.4) is 0 Å². The number of carboxylic acids is 1. The average molecular weight is 332 g/mol. The SMILES string of the molecule is CCc1ccc(C(NC(=O)N2CCCC(C(=O)O)C2)C(C)C)cc1. The van der Waals surface area contributed by atoms with Crippen LogP contribution >= 0.6 is 0 Å². The summed E-state index contributed by atoms with van der Waals surface area (Å²) in [5.74, 6) is -1.02. The molecule has 2 rings (SSSR count). The van der Waals surface area contributed by atoms with Crippen molar-refractivity contribution in [1.29, 1.82) is 0 Å². The summed E-state index contributed by atoms with van der Waals surface area (Å²) >= 11 is 0. The van der Waals surface area contributed by atoms with Gasteiger partial charge in [0.15, 0.2) is 0 Å². The van der Waals surface area contributed by atoms with Crippen molar-refractivity contribution in [1.82, 2.24) is 10.2 Å². The third kappa shape index (κ3) is 4.49. The van der Waals surface area contributed by atoms with Gasteiger partial charge in [0.05, 0.1) is 12.0 Å². The first-order valence-electron chi connectivity index (χ1n) is 8.79. The molecule has 2 amide bonds. The number of carboxylic acid groups (broad SMARTS) is 1. The van der Waals surface area contributed by atoms with Crippen molar-refractivity contribution < 1.29 is 14.7 Å². The van der Waals surface area contributed by atoms with E-state index in [0.29, 0.717) is 19.5 Å². The highest BCUT2D eigenvalue weighted by atomic mass is 16.4. The van der Waals surface area contributed by atoms with Crippen molar-refractivity contribution in [2.24, 2.45) is 11.8 Å². The van der Waals surface area contributed by atoms with Crippen molar-refractivity contribution in [3.8, 4) is 0 Å². The van der Waals surface area contributed by atoms with Gasteiger partial charge < -0.3 is 15.3 Å². The summed E-state index contributed by atoms with van der Waals surface area (Å²) in [7, 11) is 0. The van der Waals surface area contributed by atoms with Gasteiger partial charge in [0.25, 0.3) is 0 Å². The Morgan fingerprint density at radius 3 is 2.50 bits per heavy atom. The Balaban J connectivity index is 2.06. The first-order chi connectivity index (χ1) is 11.4. The Morgan fingerprint density at radius 2 is 1.96 bits per heavy atom. The molecule has 1 saturated heterocycles. The van der Waals surface area contributed by atoms with Crippen molar-refractivity contribution >= 4 is 12.0 Å². The molecule has 0 bridgehead atoms. The Bertz CT molecular complexity index is 568. The van der Waals surface area contributed by atoms with Gasteiger partial charge >= 0.3 is 12.0 Å². The number of carbonyl (C=O) groups excluding carboxylic acids is 1. The minimum Gasteiger partial charge on any atom is -0.481 e. The lowest BCUT2D eigenvalue weighted by atomic mass is 9.94. The Labute approximate surface area is 144 Å². The van der Waals surface area contributed by atoms with E-state index in [0.717, 1.165) is 18.4 Å². The lowest BCUT2D eigenvalue weighted by molar-refractivity contribution is -0.143. The maximum Gasteiger partial charge on any atom is 0.317 e. The molecule has 0 aromatic heterocycles. The van der Waals surface area contributed by atoms with Gasteiger partial charge in [0.1, 0.15) is 0 Å². The first kappa shape index (κ1) is 18.3. The fourth-order valence-corrected chi connectivity index (χ4v) is 3.18. The van der Waals surface area contributed by atoms with Crippen molar-refractivity contribution in [3.63, 3.8) is 0 Å². The van der Waals surface area contributed by atoms with Crippen LogP contribution in [-0.4, -0.2) is 35.1 Å². The summed E-state index contributed by atoms with van der Waals surface area (Å²) in [5.41, 5.74) is 2.36. The Morgan fingerprint density at radius 1 is 1.29 bits per heavy atom. The normalized spacial score (nSPS) is 19.2. The van der Waals surface area contributed by atoms with E-state index in [2.05, 4.69) is 50.4 Å². The van der Waals surface area contributed by atoms with Crippen LogP contribution in [0.25, 0.3) is 0 Å². The van der Waals surface area contributed by atoms with Crippen molar-refractivity contribution in [3.05, 3.63) is 35.4 Å². The predicted molar refractivity (Wildman–Crippen MR) is 93.9 cm³/mol. The summed E-state index contributed by atoms with van der Waals surface area (Å²) < 4.78 is 0. The number of aliphatic carboxylic acids is 1. The molecule has 1 aliphatic heterocycles. The molecule has 2 N–H and O–H groups in total. The van der Waals surface area contributed by atoms with Crippen LogP contribution in [0.4, 0.5) is 4.79 Å². The molecular weight excluding hydrogens is 304 g/mol. The van der Waals surface area contributed by atoms with Gasteiger partial charge in [-0.25, -0.2) is 4.79 Å². The lowest BCUT2D eigenvalue weighted by Crippen LogP contribution is -2.48. The van der Waals surface area contributed by atoms with Crippen molar-refractivity contribution in [2.75, 3.05) is 13.1 Å². The van der Waals surface area contributed by atoms with E-state index >= 15 is 0 Å². The zero-order valence-electron chi connectivity index (χ0n) is 14.8. The third-order valence-corrected chi connectivity index (χ3v) is 4.75. The number of nitrogens with one attached hydrogen (secondary N) is 1.